The highest BCUT2D eigenvalue weighted by molar-refractivity contribution is 5.97. The molecule has 0 radical (unpaired) electrons. The molecule has 3 aromatic heterocycles. The minimum Gasteiger partial charge on any atom is -0.481 e. The molecule has 3 atom stereocenters. The van der Waals surface area contributed by atoms with Crippen LogP contribution in [-0.4, -0.2) is 67.1 Å². The number of ether oxygens (including phenoxy) is 1. The molecule has 2 aliphatic rings. The van der Waals surface area contributed by atoms with Crippen LogP contribution < -0.4 is 5.32 Å². The smallest absolute Gasteiger partial charge is 0.326 e. The first-order chi connectivity index (χ1) is 24.3. The number of carbonyl (C=O) groups is 4. The number of aliphatic carboxylic acids is 2. The summed E-state index contributed by atoms with van der Waals surface area (Å²) < 4.78 is 4.95. The average molecular weight is 694 g/mol. The number of rotatable bonds is 12. The van der Waals surface area contributed by atoms with Gasteiger partial charge in [-0.3, -0.25) is 19.4 Å². The van der Waals surface area contributed by atoms with Gasteiger partial charge in [-0.05, 0) is 80.1 Å². The number of carbonyl (C=O) groups excluding carboxylic acids is 2. The Bertz CT molecular complexity index is 2160. The average Bonchev–Trinajstić information content (AvgIpc) is 3.74. The van der Waals surface area contributed by atoms with Crippen molar-refractivity contribution < 1.29 is 34.1 Å². The van der Waals surface area contributed by atoms with E-state index in [2.05, 4.69) is 35.4 Å². The van der Waals surface area contributed by atoms with Gasteiger partial charge in [-0.2, -0.15) is 0 Å². The van der Waals surface area contributed by atoms with E-state index in [1.807, 2.05) is 51.1 Å². The topological polar surface area (TPSA) is 187 Å². The number of methoxy groups -OCH3 is 1. The van der Waals surface area contributed by atoms with Crippen molar-refractivity contribution >= 4 is 63.1 Å². The molecule has 2 unspecified atom stereocenters. The van der Waals surface area contributed by atoms with Crippen molar-refractivity contribution in [3.05, 3.63) is 88.5 Å². The SMILES string of the molecule is C=CC1=C(C)c2cc3[nH]c(cc4nc(cc5[nH]c(cc1n2)c(C)c5CCC(=O)N[C@@H](CC(=O)O)C(=O)O)C(CCC(=O)OC)C4C)c(C)c3C=C. The van der Waals surface area contributed by atoms with Crippen molar-refractivity contribution in [1.29, 1.82) is 0 Å². The Hall–Kier alpha value is -5.78. The van der Waals surface area contributed by atoms with Crippen LogP contribution in [0, 0.1) is 13.8 Å². The Morgan fingerprint density at radius 3 is 2.22 bits per heavy atom. The summed E-state index contributed by atoms with van der Waals surface area (Å²) in [5.74, 6) is -3.83. The second-order valence-electron chi connectivity index (χ2n) is 13.0. The van der Waals surface area contributed by atoms with Gasteiger partial charge in [0.15, 0.2) is 0 Å². The molecule has 5 heterocycles. The van der Waals surface area contributed by atoms with Gasteiger partial charge < -0.3 is 30.2 Å². The molecule has 3 aromatic rings. The van der Waals surface area contributed by atoms with E-state index in [1.165, 1.54) is 7.11 Å². The van der Waals surface area contributed by atoms with E-state index in [1.54, 1.807) is 6.08 Å². The molecule has 1 amide bonds. The maximum Gasteiger partial charge on any atom is 0.326 e. The van der Waals surface area contributed by atoms with Crippen LogP contribution in [0.4, 0.5) is 0 Å². The highest BCUT2D eigenvalue weighted by atomic mass is 16.5. The van der Waals surface area contributed by atoms with Crippen LogP contribution in [-0.2, 0) is 30.3 Å². The van der Waals surface area contributed by atoms with Gasteiger partial charge in [0.05, 0.1) is 24.9 Å². The van der Waals surface area contributed by atoms with Gasteiger partial charge in [-0.15, -0.1) is 0 Å². The number of allylic oxidation sites excluding steroid dienone is 3. The number of carboxylic acids is 2. The molecule has 0 aromatic carbocycles. The fraction of sp³-hybridized carbons (Fsp3) is 0.333. The van der Waals surface area contributed by atoms with E-state index in [0.717, 1.165) is 67.0 Å². The lowest BCUT2D eigenvalue weighted by molar-refractivity contribution is -0.147. The largest absolute Gasteiger partial charge is 0.481 e. The molecule has 8 bridgehead atoms. The minimum atomic E-state index is -1.55. The molecule has 0 fully saturated rings. The highest BCUT2D eigenvalue weighted by Crippen LogP contribution is 2.41. The van der Waals surface area contributed by atoms with Gasteiger partial charge in [0, 0.05) is 69.3 Å². The third-order valence-electron chi connectivity index (χ3n) is 9.89. The minimum absolute atomic E-state index is 0.0475. The molecular formula is C39H43N5O7. The number of fused-ring (bicyclic) bond motifs is 8. The molecule has 0 aliphatic carbocycles. The number of hydrogen-bond acceptors (Lipinski definition) is 7. The number of H-pyrrole nitrogens is 2. The highest BCUT2D eigenvalue weighted by Gasteiger charge is 2.30. The van der Waals surface area contributed by atoms with E-state index in [0.29, 0.717) is 17.6 Å². The Morgan fingerprint density at radius 2 is 1.57 bits per heavy atom. The fourth-order valence-corrected chi connectivity index (χ4v) is 6.88. The number of hydrogen-bond donors (Lipinski definition) is 5. The van der Waals surface area contributed by atoms with Gasteiger partial charge in [0.2, 0.25) is 5.91 Å². The Labute approximate surface area is 295 Å². The number of amides is 1. The normalized spacial score (nSPS) is 16.0. The van der Waals surface area contributed by atoms with Crippen LogP contribution in [0.1, 0.15) is 96.4 Å². The van der Waals surface area contributed by atoms with Crippen molar-refractivity contribution in [3.63, 3.8) is 0 Å². The van der Waals surface area contributed by atoms with Crippen LogP contribution >= 0.6 is 0 Å². The van der Waals surface area contributed by atoms with Crippen LogP contribution in [0.2, 0.25) is 0 Å². The number of aromatic amines is 2. The molecule has 0 spiro atoms. The predicted octanol–water partition coefficient (Wildman–Crippen LogP) is 6.51. The van der Waals surface area contributed by atoms with Crippen molar-refractivity contribution in [2.45, 2.75) is 77.7 Å². The molecule has 5 rings (SSSR count). The van der Waals surface area contributed by atoms with Gasteiger partial charge in [0.1, 0.15) is 6.04 Å². The molecule has 0 saturated heterocycles. The predicted molar refractivity (Wildman–Crippen MR) is 196 cm³/mol. The maximum absolute atomic E-state index is 12.9. The third-order valence-corrected chi connectivity index (χ3v) is 9.89. The van der Waals surface area contributed by atoms with Gasteiger partial charge >= 0.3 is 17.9 Å². The fourth-order valence-electron chi connectivity index (χ4n) is 6.88. The number of esters is 1. The van der Waals surface area contributed by atoms with E-state index < -0.39 is 30.3 Å². The zero-order valence-electron chi connectivity index (χ0n) is 29.5. The van der Waals surface area contributed by atoms with E-state index in [4.69, 9.17) is 19.8 Å². The zero-order valence-corrected chi connectivity index (χ0v) is 29.5. The van der Waals surface area contributed by atoms with Crippen molar-refractivity contribution in [1.82, 2.24) is 25.3 Å². The number of aromatic nitrogens is 4. The first kappa shape index (κ1) is 36.5. The van der Waals surface area contributed by atoms with Crippen molar-refractivity contribution in [2.75, 3.05) is 7.11 Å². The van der Waals surface area contributed by atoms with Crippen LogP contribution in [0.25, 0.3) is 39.3 Å². The van der Waals surface area contributed by atoms with Gasteiger partial charge in [-0.1, -0.05) is 32.2 Å². The van der Waals surface area contributed by atoms with Crippen LogP contribution in [0.15, 0.2) is 43.5 Å². The summed E-state index contributed by atoms with van der Waals surface area (Å²) in [4.78, 5) is 65.2. The monoisotopic (exact) mass is 693 g/mol. The Morgan fingerprint density at radius 1 is 0.902 bits per heavy atom. The second kappa shape index (κ2) is 15.0. The third kappa shape index (κ3) is 7.54. The zero-order chi connectivity index (χ0) is 37.1. The molecule has 12 nitrogen and oxygen atoms in total. The summed E-state index contributed by atoms with van der Waals surface area (Å²) in [5.41, 5.74) is 11.7. The first-order valence-electron chi connectivity index (χ1n) is 16.8. The molecule has 12 heteroatoms. The van der Waals surface area contributed by atoms with Gasteiger partial charge in [0.25, 0.3) is 0 Å². The molecule has 0 saturated carbocycles. The van der Waals surface area contributed by atoms with Crippen LogP contribution in [0.5, 0.6) is 0 Å². The van der Waals surface area contributed by atoms with E-state index in [9.17, 15) is 24.3 Å². The summed E-state index contributed by atoms with van der Waals surface area (Å²) in [6.45, 7) is 16.2. The molecular weight excluding hydrogens is 650 g/mol. The van der Waals surface area contributed by atoms with Crippen LogP contribution in [0.3, 0.4) is 0 Å². The van der Waals surface area contributed by atoms with E-state index >= 15 is 0 Å². The van der Waals surface area contributed by atoms with Gasteiger partial charge in [-0.25, -0.2) is 9.78 Å². The quantitative estimate of drug-likeness (QED) is 0.132. The van der Waals surface area contributed by atoms with E-state index in [-0.39, 0.29) is 37.1 Å². The molecule has 51 heavy (non-hydrogen) atoms. The summed E-state index contributed by atoms with van der Waals surface area (Å²) in [6, 6.07) is 6.38. The Kier molecular flexibility index (Phi) is 10.7. The molecule has 266 valence electrons. The molecule has 2 aliphatic heterocycles. The summed E-state index contributed by atoms with van der Waals surface area (Å²) in [7, 11) is 1.37. The number of carboxylic acid groups (broad SMARTS) is 2. The first-order valence-corrected chi connectivity index (χ1v) is 16.8. The lowest BCUT2D eigenvalue weighted by Gasteiger charge is -2.15. The number of aryl methyl sites for hydroxylation is 3. The summed E-state index contributed by atoms with van der Waals surface area (Å²) in [6.07, 6.45) is 3.70. The summed E-state index contributed by atoms with van der Waals surface area (Å²) >= 11 is 0. The second-order valence-corrected chi connectivity index (χ2v) is 13.0. The van der Waals surface area contributed by atoms with Crippen molar-refractivity contribution in [2.24, 2.45) is 0 Å². The maximum atomic E-state index is 12.9. The number of nitrogens with one attached hydrogen (secondary N) is 3. The lowest BCUT2D eigenvalue weighted by Crippen LogP contribution is -2.42. The summed E-state index contributed by atoms with van der Waals surface area (Å²) in [5, 5.41) is 20.9. The molecule has 5 N–H and O–H groups in total. The Balaban J connectivity index is 1.75. The number of nitrogens with zero attached hydrogens (tertiary/aromatic N) is 2. The lowest BCUT2D eigenvalue weighted by atomic mass is 9.87. The standard InChI is InChI=1S/C39H43N5O7/c1-8-23-19(3)27-14-28-22(6)26(11-13-38(48)51-7)34(42-28)17-33-25(10-12-36(45)44-35(39(49)50)18-37(46)47)21(5)30(43-33)16-32-24(9-2)20(4)29(41-32)15-31(23)40-27/h8-9,14-17,22,26,35,40,43H,1-2,10-13,18H2,3-7H3,(H,44,45)(H,46,47)(H,49,50)/t22?,26?,35-/m0/s1. The van der Waals surface area contributed by atoms with Crippen molar-refractivity contribution in [3.8, 4) is 0 Å².